The van der Waals surface area contributed by atoms with E-state index in [2.05, 4.69) is 25.5 Å². The predicted octanol–water partition coefficient (Wildman–Crippen LogP) is 1.79. The van der Waals surface area contributed by atoms with E-state index in [1.165, 1.54) is 12.8 Å². The Kier molecular flexibility index (Phi) is 6.90. The Morgan fingerprint density at radius 1 is 1.26 bits per heavy atom. The lowest BCUT2D eigenvalue weighted by Crippen LogP contribution is -2.45. The van der Waals surface area contributed by atoms with E-state index >= 15 is 0 Å². The molecule has 1 amide bonds. The summed E-state index contributed by atoms with van der Waals surface area (Å²) in [5.74, 6) is 2.94. The van der Waals surface area contributed by atoms with Gasteiger partial charge in [0.15, 0.2) is 5.96 Å². The van der Waals surface area contributed by atoms with Crippen LogP contribution < -0.4 is 15.4 Å². The van der Waals surface area contributed by atoms with Crippen molar-refractivity contribution in [2.24, 2.45) is 16.8 Å². The summed E-state index contributed by atoms with van der Waals surface area (Å²) in [6, 6.07) is 3.98. The summed E-state index contributed by atoms with van der Waals surface area (Å²) in [7, 11) is 3.51. The summed E-state index contributed by atoms with van der Waals surface area (Å²) >= 11 is 0. The topological polar surface area (TPSA) is 78.9 Å². The van der Waals surface area contributed by atoms with Crippen LogP contribution in [-0.4, -0.2) is 55.5 Å². The van der Waals surface area contributed by atoms with Gasteiger partial charge < -0.3 is 20.3 Å². The van der Waals surface area contributed by atoms with E-state index in [4.69, 9.17) is 4.74 Å². The van der Waals surface area contributed by atoms with Crippen LogP contribution >= 0.6 is 0 Å². The maximum absolute atomic E-state index is 11.5. The minimum absolute atomic E-state index is 0.132. The molecular formula is C20H31N5O2. The summed E-state index contributed by atoms with van der Waals surface area (Å²) in [4.78, 5) is 22.6. The molecule has 2 fully saturated rings. The van der Waals surface area contributed by atoms with E-state index in [1.807, 2.05) is 25.4 Å². The third kappa shape index (κ3) is 6.12. The van der Waals surface area contributed by atoms with E-state index in [0.29, 0.717) is 24.8 Å². The van der Waals surface area contributed by atoms with Crippen molar-refractivity contribution in [1.29, 1.82) is 0 Å². The van der Waals surface area contributed by atoms with Crippen LogP contribution in [0.15, 0.2) is 23.3 Å². The van der Waals surface area contributed by atoms with Crippen LogP contribution in [0.25, 0.3) is 0 Å². The molecule has 148 valence electrons. The molecule has 0 spiro atoms. The van der Waals surface area contributed by atoms with Crippen LogP contribution in [0, 0.1) is 11.8 Å². The Hall–Kier alpha value is -2.31. The molecule has 2 heterocycles. The molecule has 0 radical (unpaired) electrons. The number of guanidine groups is 1. The average Bonchev–Trinajstić information content (AvgIpc) is 3.53. The van der Waals surface area contributed by atoms with Crippen LogP contribution in [-0.2, 0) is 11.3 Å². The number of nitrogens with zero attached hydrogens (tertiary/aromatic N) is 3. The molecule has 0 bridgehead atoms. The first-order valence-corrected chi connectivity index (χ1v) is 9.92. The van der Waals surface area contributed by atoms with Gasteiger partial charge in [0.25, 0.3) is 0 Å². The highest BCUT2D eigenvalue weighted by atomic mass is 16.5. The Bertz CT molecular complexity index is 634. The van der Waals surface area contributed by atoms with Gasteiger partial charge in [0.05, 0.1) is 6.61 Å². The number of carbonyl (C=O) groups excluding carboxylic acids is 1. The van der Waals surface area contributed by atoms with Gasteiger partial charge in [-0.25, -0.2) is 4.98 Å². The zero-order valence-corrected chi connectivity index (χ0v) is 16.4. The third-order valence-corrected chi connectivity index (χ3v) is 5.29. The standard InChI is InChI=1S/C20H31N5O2/c1-21-18(26)11-15-7-9-25(10-8-15)20(22-2)24-13-17-5-6-19(23-12-17)27-14-16-3-4-16/h5-6,12,15-16H,3-4,7-11,13-14H2,1-2H3,(H,21,26)(H,22,24). The van der Waals surface area contributed by atoms with Crippen LogP contribution in [0.2, 0.25) is 0 Å². The predicted molar refractivity (Wildman–Crippen MR) is 106 cm³/mol. The van der Waals surface area contributed by atoms with Gasteiger partial charge in [0, 0.05) is 52.4 Å². The second-order valence-electron chi connectivity index (χ2n) is 7.47. The zero-order chi connectivity index (χ0) is 19.1. The largest absolute Gasteiger partial charge is 0.477 e. The minimum Gasteiger partial charge on any atom is -0.477 e. The number of nitrogens with one attached hydrogen (secondary N) is 2. The van der Waals surface area contributed by atoms with Crippen LogP contribution in [0.5, 0.6) is 5.88 Å². The van der Waals surface area contributed by atoms with Crippen molar-refractivity contribution >= 4 is 11.9 Å². The third-order valence-electron chi connectivity index (χ3n) is 5.29. The first-order chi connectivity index (χ1) is 13.2. The molecule has 3 rings (SSSR count). The van der Waals surface area contributed by atoms with Crippen LogP contribution in [0.1, 0.15) is 37.7 Å². The quantitative estimate of drug-likeness (QED) is 0.563. The van der Waals surface area contributed by atoms with E-state index in [-0.39, 0.29) is 5.91 Å². The molecule has 1 aliphatic heterocycles. The number of piperidine rings is 1. The number of hydrogen-bond donors (Lipinski definition) is 2. The lowest BCUT2D eigenvalue weighted by atomic mass is 9.93. The molecule has 1 saturated heterocycles. The Morgan fingerprint density at radius 3 is 2.63 bits per heavy atom. The van der Waals surface area contributed by atoms with Gasteiger partial charge in [-0.3, -0.25) is 9.79 Å². The summed E-state index contributed by atoms with van der Waals surface area (Å²) in [6.07, 6.45) is 7.08. The highest BCUT2D eigenvalue weighted by Crippen LogP contribution is 2.29. The fraction of sp³-hybridized carbons (Fsp3) is 0.650. The second kappa shape index (κ2) is 9.58. The van der Waals surface area contributed by atoms with Gasteiger partial charge in [0.2, 0.25) is 11.8 Å². The number of likely N-dealkylation sites (tertiary alicyclic amines) is 1. The normalized spacial score (nSPS) is 18.3. The van der Waals surface area contributed by atoms with Crippen molar-refractivity contribution in [2.75, 3.05) is 33.8 Å². The number of amides is 1. The molecule has 1 aromatic heterocycles. The molecule has 7 nitrogen and oxygen atoms in total. The summed E-state index contributed by atoms with van der Waals surface area (Å²) < 4.78 is 5.68. The molecule has 1 aliphatic carbocycles. The molecule has 7 heteroatoms. The van der Waals surface area contributed by atoms with Crippen molar-refractivity contribution in [3.05, 3.63) is 23.9 Å². The smallest absolute Gasteiger partial charge is 0.220 e. The molecule has 27 heavy (non-hydrogen) atoms. The molecule has 1 saturated carbocycles. The lowest BCUT2D eigenvalue weighted by Gasteiger charge is -2.34. The van der Waals surface area contributed by atoms with Crippen molar-refractivity contribution in [3.63, 3.8) is 0 Å². The van der Waals surface area contributed by atoms with Gasteiger partial charge in [-0.2, -0.15) is 0 Å². The number of ether oxygens (including phenoxy) is 1. The van der Waals surface area contributed by atoms with E-state index < -0.39 is 0 Å². The number of aliphatic imine (C=N–C) groups is 1. The van der Waals surface area contributed by atoms with E-state index in [0.717, 1.165) is 50.0 Å². The number of aromatic nitrogens is 1. The van der Waals surface area contributed by atoms with Gasteiger partial charge >= 0.3 is 0 Å². The molecule has 0 unspecified atom stereocenters. The fourth-order valence-electron chi connectivity index (χ4n) is 3.32. The van der Waals surface area contributed by atoms with Gasteiger partial charge in [0.1, 0.15) is 0 Å². The highest BCUT2D eigenvalue weighted by molar-refractivity contribution is 5.80. The van der Waals surface area contributed by atoms with Crippen molar-refractivity contribution < 1.29 is 9.53 Å². The molecule has 2 aliphatic rings. The molecule has 0 atom stereocenters. The summed E-state index contributed by atoms with van der Waals surface area (Å²) in [5.41, 5.74) is 1.10. The monoisotopic (exact) mass is 373 g/mol. The first kappa shape index (κ1) is 19.5. The first-order valence-electron chi connectivity index (χ1n) is 9.92. The minimum atomic E-state index is 0.132. The molecule has 0 aromatic carbocycles. The lowest BCUT2D eigenvalue weighted by molar-refractivity contribution is -0.121. The van der Waals surface area contributed by atoms with Crippen LogP contribution in [0.3, 0.4) is 0 Å². The van der Waals surface area contributed by atoms with Gasteiger partial charge in [-0.05, 0) is 43.1 Å². The average molecular weight is 374 g/mol. The van der Waals surface area contributed by atoms with Crippen molar-refractivity contribution in [1.82, 2.24) is 20.5 Å². The van der Waals surface area contributed by atoms with E-state index in [1.54, 1.807) is 7.05 Å². The van der Waals surface area contributed by atoms with Gasteiger partial charge in [-0.1, -0.05) is 6.07 Å². The number of carbonyl (C=O) groups is 1. The van der Waals surface area contributed by atoms with Crippen molar-refractivity contribution in [3.8, 4) is 5.88 Å². The van der Waals surface area contributed by atoms with E-state index in [9.17, 15) is 4.79 Å². The summed E-state index contributed by atoms with van der Waals surface area (Å²) in [6.45, 7) is 3.31. The Balaban J connectivity index is 1.41. The van der Waals surface area contributed by atoms with Crippen LogP contribution in [0.4, 0.5) is 0 Å². The molecular weight excluding hydrogens is 342 g/mol. The SMILES string of the molecule is CN=C(NCc1ccc(OCC2CC2)nc1)N1CCC(CC(=O)NC)CC1. The number of hydrogen-bond acceptors (Lipinski definition) is 4. The maximum Gasteiger partial charge on any atom is 0.220 e. The second-order valence-corrected chi connectivity index (χ2v) is 7.47. The van der Waals surface area contributed by atoms with Crippen molar-refractivity contribution in [2.45, 2.75) is 38.6 Å². The van der Waals surface area contributed by atoms with Gasteiger partial charge in [-0.15, -0.1) is 0 Å². The summed E-state index contributed by atoms with van der Waals surface area (Å²) in [5, 5.41) is 6.13. The number of rotatable bonds is 7. The zero-order valence-electron chi connectivity index (χ0n) is 16.4. The molecule has 1 aromatic rings. The molecule has 2 N–H and O–H groups in total. The fourth-order valence-corrected chi connectivity index (χ4v) is 3.32. The Labute approximate surface area is 161 Å². The Morgan fingerprint density at radius 2 is 2.04 bits per heavy atom. The highest BCUT2D eigenvalue weighted by Gasteiger charge is 2.23. The number of pyridine rings is 1. The maximum atomic E-state index is 11.5.